The molecule has 0 bridgehead atoms. The van der Waals surface area contributed by atoms with Gasteiger partial charge in [0.15, 0.2) is 5.96 Å². The van der Waals surface area contributed by atoms with Crippen LogP contribution in [0.15, 0.2) is 65.8 Å². The summed E-state index contributed by atoms with van der Waals surface area (Å²) < 4.78 is 5.71. The first-order chi connectivity index (χ1) is 15.7. The summed E-state index contributed by atoms with van der Waals surface area (Å²) >= 11 is 0. The number of guanidine groups is 1. The van der Waals surface area contributed by atoms with Gasteiger partial charge in [-0.2, -0.15) is 0 Å². The van der Waals surface area contributed by atoms with Crippen molar-refractivity contribution in [2.75, 3.05) is 11.9 Å². The molecule has 0 radical (unpaired) electrons. The number of pyridine rings is 1. The van der Waals surface area contributed by atoms with Gasteiger partial charge < -0.3 is 20.7 Å². The highest BCUT2D eigenvalue weighted by atomic mass is 127. The molecule has 3 N–H and O–H groups in total. The van der Waals surface area contributed by atoms with E-state index in [4.69, 9.17) is 9.73 Å². The molecule has 0 aliphatic carbocycles. The Bertz CT molecular complexity index is 1100. The van der Waals surface area contributed by atoms with Crippen LogP contribution in [0, 0.1) is 0 Å². The SMILES string of the molecule is CC(C)Oc1ccc(NC(=NCc2nccc3ccccc23)NCC(=O)NC(C)(C)C)cc1.I. The summed E-state index contributed by atoms with van der Waals surface area (Å²) in [5, 5.41) is 11.5. The average molecular weight is 575 g/mol. The minimum Gasteiger partial charge on any atom is -0.491 e. The van der Waals surface area contributed by atoms with Gasteiger partial charge in [0.25, 0.3) is 0 Å². The molecular weight excluding hydrogens is 541 g/mol. The van der Waals surface area contributed by atoms with Crippen LogP contribution >= 0.6 is 24.0 Å². The lowest BCUT2D eigenvalue weighted by molar-refractivity contribution is -0.121. The predicted molar refractivity (Wildman–Crippen MR) is 150 cm³/mol. The number of ether oxygens (including phenoxy) is 1. The van der Waals surface area contributed by atoms with Crippen LogP contribution < -0.4 is 20.7 Å². The first kappa shape index (κ1) is 27.4. The summed E-state index contributed by atoms with van der Waals surface area (Å²) in [5.41, 5.74) is 1.40. The molecule has 0 saturated heterocycles. The molecule has 0 spiro atoms. The van der Waals surface area contributed by atoms with E-state index in [-0.39, 0.29) is 48.1 Å². The van der Waals surface area contributed by atoms with Gasteiger partial charge in [-0.3, -0.25) is 9.78 Å². The number of rotatable bonds is 7. The Morgan fingerprint density at radius 1 is 1.06 bits per heavy atom. The monoisotopic (exact) mass is 575 g/mol. The van der Waals surface area contributed by atoms with Gasteiger partial charge in [-0.25, -0.2) is 4.99 Å². The van der Waals surface area contributed by atoms with Gasteiger partial charge >= 0.3 is 0 Å². The Labute approximate surface area is 218 Å². The summed E-state index contributed by atoms with van der Waals surface area (Å²) in [6, 6.07) is 17.7. The Balaban J connectivity index is 0.00000408. The van der Waals surface area contributed by atoms with Crippen LogP contribution in [-0.4, -0.2) is 35.0 Å². The van der Waals surface area contributed by atoms with Crippen molar-refractivity contribution in [2.45, 2.75) is 52.8 Å². The zero-order valence-electron chi connectivity index (χ0n) is 20.4. The van der Waals surface area contributed by atoms with E-state index in [1.807, 2.05) is 83.1 Å². The normalized spacial score (nSPS) is 11.6. The number of benzene rings is 2. The van der Waals surface area contributed by atoms with Crippen molar-refractivity contribution in [1.29, 1.82) is 0 Å². The Kier molecular flexibility index (Phi) is 10.1. The molecule has 1 aromatic heterocycles. The number of hydrogen-bond donors (Lipinski definition) is 3. The molecule has 0 atom stereocenters. The summed E-state index contributed by atoms with van der Waals surface area (Å²) in [7, 11) is 0. The summed E-state index contributed by atoms with van der Waals surface area (Å²) in [4.78, 5) is 21.5. The van der Waals surface area contributed by atoms with Gasteiger partial charge in [0.1, 0.15) is 5.75 Å². The second kappa shape index (κ2) is 12.5. The molecule has 0 aliphatic rings. The molecule has 8 heteroatoms. The maximum absolute atomic E-state index is 12.3. The van der Waals surface area contributed by atoms with E-state index in [9.17, 15) is 4.79 Å². The lowest BCUT2D eigenvalue weighted by Gasteiger charge is -2.21. The quantitative estimate of drug-likeness (QED) is 0.207. The summed E-state index contributed by atoms with van der Waals surface area (Å²) in [5.74, 6) is 1.18. The first-order valence-corrected chi connectivity index (χ1v) is 11.2. The predicted octanol–water partition coefficient (Wildman–Crippen LogP) is 5.11. The standard InChI is InChI=1S/C26H33N5O2.HI/c1-18(2)33-21-12-10-20(11-13-21)30-25(29-17-24(32)31-26(3,4)5)28-16-23-22-9-7-6-8-19(22)14-15-27-23;/h6-15,18H,16-17H2,1-5H3,(H,31,32)(H2,28,29,30);1H. The second-order valence-electron chi connectivity index (χ2n) is 9.11. The maximum Gasteiger partial charge on any atom is 0.239 e. The smallest absolute Gasteiger partial charge is 0.239 e. The first-order valence-electron chi connectivity index (χ1n) is 11.2. The largest absolute Gasteiger partial charge is 0.491 e. The van der Waals surface area contributed by atoms with Gasteiger partial charge in [0.05, 0.1) is 24.9 Å². The minimum absolute atomic E-state index is 0. The molecule has 182 valence electrons. The third kappa shape index (κ3) is 8.81. The molecule has 0 aliphatic heterocycles. The van der Waals surface area contributed by atoms with Gasteiger partial charge in [-0.05, 0) is 70.3 Å². The highest BCUT2D eigenvalue weighted by Gasteiger charge is 2.14. The van der Waals surface area contributed by atoms with Crippen LogP contribution in [0.4, 0.5) is 5.69 Å². The minimum atomic E-state index is -0.303. The lowest BCUT2D eigenvalue weighted by atomic mass is 10.1. The number of anilines is 1. The molecule has 3 rings (SSSR count). The van der Waals surface area contributed by atoms with Crippen LogP contribution in [0.1, 0.15) is 40.3 Å². The number of amides is 1. The topological polar surface area (TPSA) is 87.6 Å². The highest BCUT2D eigenvalue weighted by molar-refractivity contribution is 14.0. The van der Waals surface area contributed by atoms with Crippen molar-refractivity contribution in [3.05, 3.63) is 66.5 Å². The number of aliphatic imine (C=N–C) groups is 1. The Morgan fingerprint density at radius 2 is 1.76 bits per heavy atom. The molecular formula is C26H34IN5O2. The molecule has 1 heterocycles. The molecule has 34 heavy (non-hydrogen) atoms. The van der Waals surface area contributed by atoms with Gasteiger partial charge in [-0.1, -0.05) is 24.3 Å². The van der Waals surface area contributed by atoms with Crippen LogP contribution in [-0.2, 0) is 11.3 Å². The number of nitrogens with one attached hydrogen (secondary N) is 3. The summed E-state index contributed by atoms with van der Waals surface area (Å²) in [6.45, 7) is 10.3. The number of hydrogen-bond acceptors (Lipinski definition) is 4. The fourth-order valence-electron chi connectivity index (χ4n) is 3.25. The second-order valence-corrected chi connectivity index (χ2v) is 9.11. The van der Waals surface area contributed by atoms with Gasteiger partial charge in [0, 0.05) is 22.8 Å². The van der Waals surface area contributed by atoms with Crippen LogP contribution in [0.25, 0.3) is 10.8 Å². The number of halogens is 1. The number of aromatic nitrogens is 1. The summed E-state index contributed by atoms with van der Waals surface area (Å²) in [6.07, 6.45) is 1.90. The van der Waals surface area contributed by atoms with Crippen LogP contribution in [0.5, 0.6) is 5.75 Å². The van der Waals surface area contributed by atoms with E-state index in [0.717, 1.165) is 27.9 Å². The van der Waals surface area contributed by atoms with Crippen molar-refractivity contribution in [1.82, 2.24) is 15.6 Å². The van der Waals surface area contributed by atoms with E-state index in [0.29, 0.717) is 12.5 Å². The molecule has 1 amide bonds. The van der Waals surface area contributed by atoms with Gasteiger partial charge in [-0.15, -0.1) is 24.0 Å². The third-order valence-corrected chi connectivity index (χ3v) is 4.56. The average Bonchev–Trinajstić information content (AvgIpc) is 2.75. The molecule has 0 saturated carbocycles. The number of carbonyl (C=O) groups excluding carboxylic acids is 1. The van der Waals surface area contributed by atoms with Crippen molar-refractivity contribution < 1.29 is 9.53 Å². The van der Waals surface area contributed by atoms with Crippen LogP contribution in [0.2, 0.25) is 0 Å². The maximum atomic E-state index is 12.3. The zero-order valence-corrected chi connectivity index (χ0v) is 22.7. The fraction of sp³-hybridized carbons (Fsp3) is 0.346. The van der Waals surface area contributed by atoms with E-state index in [1.165, 1.54) is 0 Å². The number of nitrogens with zero attached hydrogens (tertiary/aromatic N) is 2. The Morgan fingerprint density at radius 3 is 2.44 bits per heavy atom. The lowest BCUT2D eigenvalue weighted by Crippen LogP contribution is -2.46. The molecule has 7 nitrogen and oxygen atoms in total. The van der Waals surface area contributed by atoms with Crippen molar-refractivity contribution >= 4 is 52.3 Å². The molecule has 0 unspecified atom stereocenters. The molecule has 3 aromatic rings. The van der Waals surface area contributed by atoms with Crippen molar-refractivity contribution in [2.24, 2.45) is 4.99 Å². The van der Waals surface area contributed by atoms with E-state index in [1.54, 1.807) is 6.20 Å². The van der Waals surface area contributed by atoms with E-state index in [2.05, 4.69) is 27.0 Å². The van der Waals surface area contributed by atoms with Crippen molar-refractivity contribution in [3.63, 3.8) is 0 Å². The van der Waals surface area contributed by atoms with Crippen molar-refractivity contribution in [3.8, 4) is 5.75 Å². The van der Waals surface area contributed by atoms with E-state index >= 15 is 0 Å². The zero-order chi connectivity index (χ0) is 23.8. The number of fused-ring (bicyclic) bond motifs is 1. The fourth-order valence-corrected chi connectivity index (χ4v) is 3.25. The highest BCUT2D eigenvalue weighted by Crippen LogP contribution is 2.18. The van der Waals surface area contributed by atoms with Gasteiger partial charge in [0.2, 0.25) is 5.91 Å². The van der Waals surface area contributed by atoms with Crippen LogP contribution in [0.3, 0.4) is 0 Å². The van der Waals surface area contributed by atoms with E-state index < -0.39 is 0 Å². The number of carbonyl (C=O) groups is 1. The third-order valence-electron chi connectivity index (χ3n) is 4.56. The Hall–Kier alpha value is -2.88. The molecule has 0 fully saturated rings. The molecule has 2 aromatic carbocycles.